The van der Waals surface area contributed by atoms with Crippen molar-refractivity contribution < 1.29 is 4.79 Å². The SMILES string of the molecule is CN(C[C@@H]1CCCN2CCCC[C@H]12)C(=O)CCn1ccc2ccccc21. The molecule has 3 heterocycles. The van der Waals surface area contributed by atoms with Crippen molar-refractivity contribution in [2.45, 2.75) is 51.1 Å². The Kier molecular flexibility index (Phi) is 5.30. The lowest BCUT2D eigenvalue weighted by atomic mass is 9.83. The lowest BCUT2D eigenvalue weighted by molar-refractivity contribution is -0.131. The number of piperidine rings is 2. The van der Waals surface area contributed by atoms with Gasteiger partial charge in [0.15, 0.2) is 0 Å². The average Bonchev–Trinajstić information content (AvgIpc) is 3.09. The maximum atomic E-state index is 12.7. The van der Waals surface area contributed by atoms with Gasteiger partial charge in [-0.2, -0.15) is 0 Å². The number of benzene rings is 1. The second kappa shape index (κ2) is 7.83. The first-order valence-electron chi connectivity index (χ1n) is 10.2. The van der Waals surface area contributed by atoms with Crippen LogP contribution in [0.3, 0.4) is 0 Å². The molecule has 26 heavy (non-hydrogen) atoms. The van der Waals surface area contributed by atoms with Crippen molar-refractivity contribution in [3.8, 4) is 0 Å². The molecule has 0 aliphatic carbocycles. The molecule has 0 bridgehead atoms. The zero-order valence-corrected chi connectivity index (χ0v) is 15.9. The summed E-state index contributed by atoms with van der Waals surface area (Å²) in [5.41, 5.74) is 1.22. The van der Waals surface area contributed by atoms with Crippen LogP contribution in [0, 0.1) is 5.92 Å². The third-order valence-corrected chi connectivity index (χ3v) is 6.41. The van der Waals surface area contributed by atoms with E-state index in [1.165, 1.54) is 56.1 Å². The van der Waals surface area contributed by atoms with E-state index in [0.29, 0.717) is 18.4 Å². The first-order valence-corrected chi connectivity index (χ1v) is 10.2. The molecule has 0 radical (unpaired) electrons. The molecule has 0 N–H and O–H groups in total. The van der Waals surface area contributed by atoms with Crippen LogP contribution in [-0.4, -0.2) is 53.0 Å². The molecule has 0 saturated carbocycles. The van der Waals surface area contributed by atoms with Gasteiger partial charge in [0.25, 0.3) is 0 Å². The van der Waals surface area contributed by atoms with Crippen LogP contribution in [0.5, 0.6) is 0 Å². The van der Waals surface area contributed by atoms with Crippen LogP contribution in [-0.2, 0) is 11.3 Å². The van der Waals surface area contributed by atoms with Crippen LogP contribution in [0.25, 0.3) is 10.9 Å². The van der Waals surface area contributed by atoms with Gasteiger partial charge in [0.05, 0.1) is 0 Å². The molecular weight excluding hydrogens is 322 g/mol. The van der Waals surface area contributed by atoms with Gasteiger partial charge in [-0.3, -0.25) is 4.79 Å². The molecule has 2 fully saturated rings. The maximum Gasteiger partial charge on any atom is 0.224 e. The normalized spacial score (nSPS) is 23.7. The van der Waals surface area contributed by atoms with Gasteiger partial charge in [-0.05, 0) is 62.2 Å². The highest BCUT2D eigenvalue weighted by Gasteiger charge is 2.33. The predicted molar refractivity (Wildman–Crippen MR) is 106 cm³/mol. The summed E-state index contributed by atoms with van der Waals surface area (Å²) in [6.07, 6.45) is 9.27. The van der Waals surface area contributed by atoms with E-state index in [9.17, 15) is 4.79 Å². The minimum atomic E-state index is 0.274. The van der Waals surface area contributed by atoms with Crippen molar-refractivity contribution in [3.63, 3.8) is 0 Å². The number of aromatic nitrogens is 1. The fourth-order valence-corrected chi connectivity index (χ4v) is 4.99. The molecule has 2 aromatic rings. The van der Waals surface area contributed by atoms with Crippen LogP contribution in [0.2, 0.25) is 0 Å². The fraction of sp³-hybridized carbons (Fsp3) is 0.591. The largest absolute Gasteiger partial charge is 0.347 e. The zero-order valence-electron chi connectivity index (χ0n) is 15.9. The van der Waals surface area contributed by atoms with Crippen molar-refractivity contribution in [2.24, 2.45) is 5.92 Å². The number of aryl methyl sites for hydroxylation is 1. The molecule has 2 aliphatic rings. The van der Waals surface area contributed by atoms with E-state index in [1.54, 1.807) is 0 Å². The highest BCUT2D eigenvalue weighted by Crippen LogP contribution is 2.31. The Balaban J connectivity index is 1.33. The molecule has 1 aromatic carbocycles. The highest BCUT2D eigenvalue weighted by atomic mass is 16.2. The number of nitrogens with zero attached hydrogens (tertiary/aromatic N) is 3. The Hall–Kier alpha value is -1.81. The molecule has 4 nitrogen and oxygen atoms in total. The van der Waals surface area contributed by atoms with Crippen molar-refractivity contribution >= 4 is 16.8 Å². The Morgan fingerprint density at radius 1 is 1.12 bits per heavy atom. The highest BCUT2D eigenvalue weighted by molar-refractivity contribution is 5.80. The smallest absolute Gasteiger partial charge is 0.224 e. The van der Waals surface area contributed by atoms with Gasteiger partial charge in [0.1, 0.15) is 0 Å². The lowest BCUT2D eigenvalue weighted by Gasteiger charge is -2.45. The topological polar surface area (TPSA) is 28.5 Å². The summed E-state index contributed by atoms with van der Waals surface area (Å²) in [7, 11) is 2.00. The van der Waals surface area contributed by atoms with Crippen molar-refractivity contribution in [2.75, 3.05) is 26.7 Å². The molecule has 1 amide bonds. The number of rotatable bonds is 5. The second-order valence-corrected chi connectivity index (χ2v) is 8.09. The maximum absolute atomic E-state index is 12.7. The van der Waals surface area contributed by atoms with E-state index in [-0.39, 0.29) is 5.91 Å². The molecule has 2 atom stereocenters. The van der Waals surface area contributed by atoms with Gasteiger partial charge in [-0.25, -0.2) is 0 Å². The first-order chi connectivity index (χ1) is 12.7. The van der Waals surface area contributed by atoms with Gasteiger partial charge in [-0.15, -0.1) is 0 Å². The summed E-state index contributed by atoms with van der Waals surface area (Å²) < 4.78 is 2.20. The summed E-state index contributed by atoms with van der Waals surface area (Å²) in [5.74, 6) is 0.932. The molecule has 0 spiro atoms. The van der Waals surface area contributed by atoms with Crippen molar-refractivity contribution in [1.29, 1.82) is 0 Å². The minimum Gasteiger partial charge on any atom is -0.347 e. The lowest BCUT2D eigenvalue weighted by Crippen LogP contribution is -2.51. The van der Waals surface area contributed by atoms with Gasteiger partial charge in [0.2, 0.25) is 5.91 Å². The molecular formula is C22H31N3O. The van der Waals surface area contributed by atoms with E-state index >= 15 is 0 Å². The quantitative estimate of drug-likeness (QED) is 0.819. The molecule has 2 aliphatic heterocycles. The number of fused-ring (bicyclic) bond motifs is 2. The molecule has 2 saturated heterocycles. The van der Waals surface area contributed by atoms with Crippen LogP contribution in [0.1, 0.15) is 38.5 Å². The third kappa shape index (κ3) is 3.66. The third-order valence-electron chi connectivity index (χ3n) is 6.41. The van der Waals surface area contributed by atoms with E-state index in [2.05, 4.69) is 46.0 Å². The Morgan fingerprint density at radius 3 is 2.88 bits per heavy atom. The Labute approximate surface area is 156 Å². The van der Waals surface area contributed by atoms with Gasteiger partial charge < -0.3 is 14.4 Å². The molecule has 4 heteroatoms. The van der Waals surface area contributed by atoms with Gasteiger partial charge >= 0.3 is 0 Å². The second-order valence-electron chi connectivity index (χ2n) is 8.09. The van der Waals surface area contributed by atoms with Crippen LogP contribution in [0.4, 0.5) is 0 Å². The summed E-state index contributed by atoms with van der Waals surface area (Å²) in [6.45, 7) is 4.21. The summed E-state index contributed by atoms with van der Waals surface area (Å²) in [6, 6.07) is 11.2. The Morgan fingerprint density at radius 2 is 1.96 bits per heavy atom. The zero-order chi connectivity index (χ0) is 17.9. The molecule has 4 rings (SSSR count). The molecule has 1 aromatic heterocycles. The van der Waals surface area contributed by atoms with Gasteiger partial charge in [-0.1, -0.05) is 24.6 Å². The van der Waals surface area contributed by atoms with Crippen molar-refractivity contribution in [1.82, 2.24) is 14.4 Å². The fourth-order valence-electron chi connectivity index (χ4n) is 4.99. The Bertz CT molecular complexity index is 751. The van der Waals surface area contributed by atoms with Crippen LogP contribution >= 0.6 is 0 Å². The number of carbonyl (C=O) groups is 1. The van der Waals surface area contributed by atoms with E-state index in [1.807, 2.05) is 11.9 Å². The molecule has 140 valence electrons. The summed E-state index contributed by atoms with van der Waals surface area (Å²) in [5, 5.41) is 1.24. The summed E-state index contributed by atoms with van der Waals surface area (Å²) >= 11 is 0. The summed E-state index contributed by atoms with van der Waals surface area (Å²) in [4.78, 5) is 17.4. The number of para-hydroxylation sites is 1. The first kappa shape index (κ1) is 17.6. The number of amides is 1. The van der Waals surface area contributed by atoms with E-state index in [0.717, 1.165) is 13.1 Å². The monoisotopic (exact) mass is 353 g/mol. The standard InChI is InChI=1S/C22H31N3O/c1-23(17-19-8-6-14-24-13-5-4-10-21(19)24)22(26)12-16-25-15-11-18-7-2-3-9-20(18)25/h2-3,7,9,11,15,19,21H,4-6,8,10,12-14,16-17H2,1H3/t19-,21+/m0/s1. The number of hydrogen-bond donors (Lipinski definition) is 0. The minimum absolute atomic E-state index is 0.274. The van der Waals surface area contributed by atoms with E-state index < -0.39 is 0 Å². The van der Waals surface area contributed by atoms with Crippen molar-refractivity contribution in [3.05, 3.63) is 36.5 Å². The molecule has 0 unspecified atom stereocenters. The van der Waals surface area contributed by atoms with Crippen LogP contribution in [0.15, 0.2) is 36.5 Å². The predicted octanol–water partition coefficient (Wildman–Crippen LogP) is 3.75. The number of carbonyl (C=O) groups excluding carboxylic acids is 1. The van der Waals surface area contributed by atoms with Gasteiger partial charge in [0, 0.05) is 44.3 Å². The van der Waals surface area contributed by atoms with Crippen LogP contribution < -0.4 is 0 Å². The average molecular weight is 354 g/mol. The number of hydrogen-bond acceptors (Lipinski definition) is 2. The van der Waals surface area contributed by atoms with E-state index in [4.69, 9.17) is 0 Å².